The predicted molar refractivity (Wildman–Crippen MR) is 98.6 cm³/mol. The Morgan fingerprint density at radius 3 is 2.52 bits per heavy atom. The van der Waals surface area contributed by atoms with E-state index < -0.39 is 0 Å². The zero-order chi connectivity index (χ0) is 17.3. The number of aromatic amines is 1. The van der Waals surface area contributed by atoms with Gasteiger partial charge < -0.3 is 10.3 Å². The van der Waals surface area contributed by atoms with Crippen LogP contribution in [0.15, 0.2) is 65.5 Å². The predicted octanol–water partition coefficient (Wildman–Crippen LogP) is 2.92. The van der Waals surface area contributed by atoms with Crippen molar-refractivity contribution in [3.8, 4) is 0 Å². The van der Waals surface area contributed by atoms with Crippen LogP contribution in [0.25, 0.3) is 10.9 Å². The highest BCUT2D eigenvalue weighted by molar-refractivity contribution is 5.82. The SMILES string of the molecule is O=C(Cc1cc2ccccc2[nH]c1=O)NCC1(c2ccccc2)CC1. The Morgan fingerprint density at radius 2 is 1.76 bits per heavy atom. The van der Waals surface area contributed by atoms with Crippen molar-refractivity contribution in [1.82, 2.24) is 10.3 Å². The van der Waals surface area contributed by atoms with E-state index in [-0.39, 0.29) is 23.3 Å². The number of nitrogens with one attached hydrogen (secondary N) is 2. The molecule has 1 aliphatic rings. The van der Waals surface area contributed by atoms with Crippen LogP contribution in [0, 0.1) is 0 Å². The van der Waals surface area contributed by atoms with E-state index in [1.807, 2.05) is 42.5 Å². The molecule has 0 saturated heterocycles. The molecule has 0 spiro atoms. The molecule has 0 unspecified atom stereocenters. The van der Waals surface area contributed by atoms with E-state index in [0.29, 0.717) is 12.1 Å². The Labute approximate surface area is 145 Å². The Balaban J connectivity index is 1.45. The smallest absolute Gasteiger partial charge is 0.252 e. The van der Waals surface area contributed by atoms with Gasteiger partial charge in [0.05, 0.1) is 6.42 Å². The van der Waals surface area contributed by atoms with E-state index >= 15 is 0 Å². The topological polar surface area (TPSA) is 62.0 Å². The average molecular weight is 332 g/mol. The Bertz CT molecular complexity index is 972. The van der Waals surface area contributed by atoms with Crippen molar-refractivity contribution in [2.24, 2.45) is 0 Å². The van der Waals surface area contributed by atoms with Gasteiger partial charge in [-0.25, -0.2) is 0 Å². The van der Waals surface area contributed by atoms with Crippen LogP contribution in [0.5, 0.6) is 0 Å². The van der Waals surface area contributed by atoms with E-state index in [0.717, 1.165) is 23.7 Å². The molecule has 2 aromatic carbocycles. The van der Waals surface area contributed by atoms with Crippen molar-refractivity contribution >= 4 is 16.8 Å². The summed E-state index contributed by atoms with van der Waals surface area (Å²) in [5.41, 5.74) is 2.45. The molecule has 126 valence electrons. The fourth-order valence-corrected chi connectivity index (χ4v) is 3.34. The maximum absolute atomic E-state index is 12.3. The summed E-state index contributed by atoms with van der Waals surface area (Å²) in [5.74, 6) is -0.108. The molecule has 4 rings (SSSR count). The fourth-order valence-electron chi connectivity index (χ4n) is 3.34. The normalized spacial score (nSPS) is 15.0. The zero-order valence-electron chi connectivity index (χ0n) is 13.9. The molecule has 1 aliphatic carbocycles. The van der Waals surface area contributed by atoms with Crippen LogP contribution in [-0.2, 0) is 16.6 Å². The first-order chi connectivity index (χ1) is 12.2. The Kier molecular flexibility index (Phi) is 3.88. The van der Waals surface area contributed by atoms with Gasteiger partial charge in [-0.05, 0) is 35.9 Å². The van der Waals surface area contributed by atoms with E-state index in [4.69, 9.17) is 0 Å². The number of hydrogen-bond acceptors (Lipinski definition) is 2. The van der Waals surface area contributed by atoms with Crippen LogP contribution < -0.4 is 10.9 Å². The first kappa shape index (κ1) is 15.6. The van der Waals surface area contributed by atoms with Crippen LogP contribution in [0.2, 0.25) is 0 Å². The van der Waals surface area contributed by atoms with Gasteiger partial charge in [0.25, 0.3) is 5.56 Å². The molecule has 0 aliphatic heterocycles. The van der Waals surface area contributed by atoms with E-state index in [2.05, 4.69) is 22.4 Å². The van der Waals surface area contributed by atoms with Gasteiger partial charge in [0.15, 0.2) is 0 Å². The first-order valence-electron chi connectivity index (χ1n) is 8.59. The summed E-state index contributed by atoms with van der Waals surface area (Å²) < 4.78 is 0. The number of hydrogen-bond donors (Lipinski definition) is 2. The lowest BCUT2D eigenvalue weighted by molar-refractivity contribution is -0.120. The van der Waals surface area contributed by atoms with Crippen molar-refractivity contribution in [2.45, 2.75) is 24.7 Å². The van der Waals surface area contributed by atoms with Crippen LogP contribution in [0.1, 0.15) is 24.0 Å². The molecule has 25 heavy (non-hydrogen) atoms. The summed E-state index contributed by atoms with van der Waals surface area (Å²) in [5, 5.41) is 3.95. The molecular formula is C21H20N2O2. The van der Waals surface area contributed by atoms with Crippen LogP contribution >= 0.6 is 0 Å². The van der Waals surface area contributed by atoms with Gasteiger partial charge in [-0.3, -0.25) is 9.59 Å². The molecule has 3 aromatic rings. The third-order valence-electron chi connectivity index (χ3n) is 5.05. The zero-order valence-corrected chi connectivity index (χ0v) is 13.9. The molecule has 0 bridgehead atoms. The van der Waals surface area contributed by atoms with E-state index in [9.17, 15) is 9.59 Å². The minimum absolute atomic E-state index is 0.0761. The molecule has 1 fully saturated rings. The summed E-state index contributed by atoms with van der Waals surface area (Å²) in [4.78, 5) is 27.3. The number of rotatable bonds is 5. The van der Waals surface area contributed by atoms with Crippen molar-refractivity contribution in [3.05, 3.63) is 82.1 Å². The second-order valence-electron chi connectivity index (χ2n) is 6.81. The van der Waals surface area contributed by atoms with Crippen molar-refractivity contribution < 1.29 is 4.79 Å². The fraction of sp³-hybridized carbons (Fsp3) is 0.238. The second-order valence-corrected chi connectivity index (χ2v) is 6.81. The third-order valence-corrected chi connectivity index (χ3v) is 5.05. The highest BCUT2D eigenvalue weighted by Crippen LogP contribution is 2.47. The summed E-state index contributed by atoms with van der Waals surface area (Å²) in [7, 11) is 0. The molecule has 1 aromatic heterocycles. The molecule has 2 N–H and O–H groups in total. The largest absolute Gasteiger partial charge is 0.355 e. The number of pyridine rings is 1. The molecular weight excluding hydrogens is 312 g/mol. The molecule has 4 heteroatoms. The van der Waals surface area contributed by atoms with Crippen LogP contribution in [-0.4, -0.2) is 17.4 Å². The lowest BCUT2D eigenvalue weighted by atomic mass is 9.96. The van der Waals surface area contributed by atoms with Crippen LogP contribution in [0.3, 0.4) is 0 Å². The maximum atomic E-state index is 12.3. The number of benzene rings is 2. The number of aromatic nitrogens is 1. The summed E-state index contributed by atoms with van der Waals surface area (Å²) in [6, 6.07) is 19.7. The number of carbonyl (C=O) groups excluding carboxylic acids is 1. The first-order valence-corrected chi connectivity index (χ1v) is 8.59. The highest BCUT2D eigenvalue weighted by Gasteiger charge is 2.44. The van der Waals surface area contributed by atoms with E-state index in [1.165, 1.54) is 5.56 Å². The Hall–Kier alpha value is -2.88. The van der Waals surface area contributed by atoms with Crippen molar-refractivity contribution in [1.29, 1.82) is 0 Å². The third kappa shape index (κ3) is 3.20. The number of H-pyrrole nitrogens is 1. The standard InChI is InChI=1S/C21H20N2O2/c24-19(22-14-21(10-11-21)17-7-2-1-3-8-17)13-16-12-15-6-4-5-9-18(15)23-20(16)25/h1-9,12H,10-11,13-14H2,(H,22,24)(H,23,25). The highest BCUT2D eigenvalue weighted by atomic mass is 16.2. The quantitative estimate of drug-likeness (QED) is 0.755. The maximum Gasteiger partial charge on any atom is 0.252 e. The lowest BCUT2D eigenvalue weighted by Gasteiger charge is -2.16. The summed E-state index contributed by atoms with van der Waals surface area (Å²) >= 11 is 0. The molecule has 4 nitrogen and oxygen atoms in total. The van der Waals surface area contributed by atoms with Crippen molar-refractivity contribution in [3.63, 3.8) is 0 Å². The lowest BCUT2D eigenvalue weighted by Crippen LogP contribution is -2.34. The van der Waals surface area contributed by atoms with Crippen LogP contribution in [0.4, 0.5) is 0 Å². The van der Waals surface area contributed by atoms with Gasteiger partial charge in [0, 0.05) is 23.0 Å². The van der Waals surface area contributed by atoms with Gasteiger partial charge >= 0.3 is 0 Å². The molecule has 1 amide bonds. The molecule has 1 saturated carbocycles. The minimum atomic E-state index is -0.196. The number of para-hydroxylation sites is 1. The number of fused-ring (bicyclic) bond motifs is 1. The van der Waals surface area contributed by atoms with Gasteiger partial charge in [0.1, 0.15) is 0 Å². The van der Waals surface area contributed by atoms with Gasteiger partial charge in [-0.1, -0.05) is 48.5 Å². The molecule has 0 radical (unpaired) electrons. The minimum Gasteiger partial charge on any atom is -0.355 e. The monoisotopic (exact) mass is 332 g/mol. The van der Waals surface area contributed by atoms with Crippen molar-refractivity contribution in [2.75, 3.05) is 6.54 Å². The van der Waals surface area contributed by atoms with Gasteiger partial charge in [0.2, 0.25) is 5.91 Å². The van der Waals surface area contributed by atoms with Gasteiger partial charge in [-0.2, -0.15) is 0 Å². The molecule has 1 heterocycles. The summed E-state index contributed by atoms with van der Waals surface area (Å²) in [6.07, 6.45) is 2.28. The molecule has 0 atom stereocenters. The summed E-state index contributed by atoms with van der Waals surface area (Å²) in [6.45, 7) is 0.626. The number of carbonyl (C=O) groups is 1. The Morgan fingerprint density at radius 1 is 1.04 bits per heavy atom. The van der Waals surface area contributed by atoms with E-state index in [1.54, 1.807) is 6.07 Å². The number of amides is 1. The average Bonchev–Trinajstić information content (AvgIpc) is 3.43. The second kappa shape index (κ2) is 6.20. The van der Waals surface area contributed by atoms with Gasteiger partial charge in [-0.15, -0.1) is 0 Å².